The number of amides is 2. The van der Waals surface area contributed by atoms with E-state index in [0.29, 0.717) is 6.54 Å². The van der Waals surface area contributed by atoms with Crippen LogP contribution in [0.5, 0.6) is 0 Å². The SMILES string of the molecule is CCC1SC(c2ccccc2C)N(CCCN(C)C(=O)C2CC2)C1=O. The van der Waals surface area contributed by atoms with Crippen LogP contribution in [-0.2, 0) is 9.59 Å². The number of rotatable bonds is 7. The van der Waals surface area contributed by atoms with E-state index >= 15 is 0 Å². The molecule has 1 heterocycles. The summed E-state index contributed by atoms with van der Waals surface area (Å²) in [5.41, 5.74) is 2.47. The Hall–Kier alpha value is -1.49. The number of hydrogen-bond acceptors (Lipinski definition) is 3. The first-order chi connectivity index (χ1) is 12.0. The summed E-state index contributed by atoms with van der Waals surface area (Å²) in [6.45, 7) is 5.63. The van der Waals surface area contributed by atoms with Crippen molar-refractivity contribution in [3.05, 3.63) is 35.4 Å². The van der Waals surface area contributed by atoms with Crippen molar-refractivity contribution in [3.8, 4) is 0 Å². The topological polar surface area (TPSA) is 40.6 Å². The normalized spacial score (nSPS) is 23.2. The second kappa shape index (κ2) is 7.81. The van der Waals surface area contributed by atoms with E-state index in [2.05, 4.69) is 26.0 Å². The molecule has 3 rings (SSSR count). The van der Waals surface area contributed by atoms with Crippen molar-refractivity contribution in [1.29, 1.82) is 0 Å². The van der Waals surface area contributed by atoms with Crippen molar-refractivity contribution in [1.82, 2.24) is 9.80 Å². The molecule has 2 aliphatic rings. The van der Waals surface area contributed by atoms with E-state index in [1.54, 1.807) is 11.8 Å². The Morgan fingerprint density at radius 2 is 2.04 bits per heavy atom. The molecule has 5 heteroatoms. The van der Waals surface area contributed by atoms with Gasteiger partial charge in [-0.1, -0.05) is 31.2 Å². The molecule has 1 aliphatic heterocycles. The van der Waals surface area contributed by atoms with Crippen LogP contribution >= 0.6 is 11.8 Å². The standard InChI is InChI=1S/C20H28N2O2S/c1-4-17-19(24)22(13-7-12-21(3)18(23)15-10-11-15)20(25-17)16-9-6-5-8-14(16)2/h5-6,8-9,15,17,20H,4,7,10-13H2,1-3H3. The van der Waals surface area contributed by atoms with E-state index < -0.39 is 0 Å². The van der Waals surface area contributed by atoms with Crippen molar-refractivity contribution >= 4 is 23.6 Å². The van der Waals surface area contributed by atoms with Crippen LogP contribution in [0.15, 0.2) is 24.3 Å². The molecule has 0 aromatic heterocycles. The lowest BCUT2D eigenvalue weighted by molar-refractivity contribution is -0.131. The molecule has 2 unspecified atom stereocenters. The fourth-order valence-electron chi connectivity index (χ4n) is 3.42. The first-order valence-corrected chi connectivity index (χ1v) is 10.2. The molecule has 4 nitrogen and oxygen atoms in total. The van der Waals surface area contributed by atoms with Gasteiger partial charge in [-0.05, 0) is 43.7 Å². The Morgan fingerprint density at radius 1 is 1.32 bits per heavy atom. The van der Waals surface area contributed by atoms with E-state index in [1.165, 1.54) is 11.1 Å². The third-order valence-corrected chi connectivity index (χ3v) is 6.79. The maximum atomic E-state index is 12.8. The van der Waals surface area contributed by atoms with Gasteiger partial charge in [-0.15, -0.1) is 11.8 Å². The first-order valence-electron chi connectivity index (χ1n) is 9.29. The number of hydrogen-bond donors (Lipinski definition) is 0. The maximum Gasteiger partial charge on any atom is 0.236 e. The largest absolute Gasteiger partial charge is 0.345 e. The van der Waals surface area contributed by atoms with Crippen LogP contribution in [0.2, 0.25) is 0 Å². The van der Waals surface area contributed by atoms with Crippen LogP contribution in [-0.4, -0.2) is 47.0 Å². The van der Waals surface area contributed by atoms with Gasteiger partial charge in [0.25, 0.3) is 0 Å². The summed E-state index contributed by atoms with van der Waals surface area (Å²) in [5, 5.41) is 0.151. The first kappa shape index (κ1) is 18.3. The summed E-state index contributed by atoms with van der Waals surface area (Å²) in [4.78, 5) is 28.7. The van der Waals surface area contributed by atoms with Gasteiger partial charge < -0.3 is 9.80 Å². The van der Waals surface area contributed by atoms with Gasteiger partial charge in [-0.3, -0.25) is 9.59 Å². The van der Waals surface area contributed by atoms with E-state index in [9.17, 15) is 9.59 Å². The number of nitrogens with zero attached hydrogens (tertiary/aromatic N) is 2. The molecule has 2 fully saturated rings. The fourth-order valence-corrected chi connectivity index (χ4v) is 4.94. The Balaban J connectivity index is 1.64. The highest BCUT2D eigenvalue weighted by Crippen LogP contribution is 2.45. The zero-order chi connectivity index (χ0) is 18.0. The van der Waals surface area contributed by atoms with Gasteiger partial charge in [0.05, 0.1) is 5.25 Å². The summed E-state index contributed by atoms with van der Waals surface area (Å²) in [5.74, 6) is 0.777. The summed E-state index contributed by atoms with van der Waals surface area (Å²) in [6.07, 6.45) is 3.78. The Kier molecular flexibility index (Phi) is 5.72. The van der Waals surface area contributed by atoms with Gasteiger partial charge >= 0.3 is 0 Å². The molecule has 1 aromatic carbocycles. The van der Waals surface area contributed by atoms with Crippen LogP contribution in [0, 0.1) is 12.8 Å². The predicted molar refractivity (Wildman–Crippen MR) is 102 cm³/mol. The molecule has 0 radical (unpaired) electrons. The molecule has 0 spiro atoms. The van der Waals surface area contributed by atoms with Gasteiger partial charge in [0, 0.05) is 26.1 Å². The van der Waals surface area contributed by atoms with Crippen molar-refractivity contribution < 1.29 is 9.59 Å². The van der Waals surface area contributed by atoms with Crippen molar-refractivity contribution in [2.45, 2.75) is 50.2 Å². The number of carbonyl (C=O) groups is 2. The highest BCUT2D eigenvalue weighted by molar-refractivity contribution is 8.01. The minimum absolute atomic E-state index is 0.0513. The van der Waals surface area contributed by atoms with E-state index in [-0.39, 0.29) is 28.4 Å². The quantitative estimate of drug-likeness (QED) is 0.746. The third-order valence-electron chi connectivity index (χ3n) is 5.16. The molecular weight excluding hydrogens is 332 g/mol. The molecule has 1 aliphatic carbocycles. The van der Waals surface area contributed by atoms with Crippen LogP contribution < -0.4 is 0 Å². The maximum absolute atomic E-state index is 12.8. The zero-order valence-corrected chi connectivity index (χ0v) is 16.2. The van der Waals surface area contributed by atoms with Crippen LogP contribution in [0.25, 0.3) is 0 Å². The number of aryl methyl sites for hydroxylation is 1. The van der Waals surface area contributed by atoms with Gasteiger partial charge in [-0.25, -0.2) is 0 Å². The number of carbonyl (C=O) groups excluding carboxylic acids is 2. The fraction of sp³-hybridized carbons (Fsp3) is 0.600. The minimum atomic E-state index is 0.0513. The lowest BCUT2D eigenvalue weighted by Gasteiger charge is -2.26. The van der Waals surface area contributed by atoms with Crippen LogP contribution in [0.4, 0.5) is 0 Å². The molecule has 136 valence electrons. The monoisotopic (exact) mass is 360 g/mol. The second-order valence-corrected chi connectivity index (χ2v) is 8.45. The van der Waals surface area contributed by atoms with Crippen molar-refractivity contribution in [2.24, 2.45) is 5.92 Å². The Labute approximate surface area is 154 Å². The smallest absolute Gasteiger partial charge is 0.236 e. The lowest BCUT2D eigenvalue weighted by Crippen LogP contribution is -2.35. The molecule has 2 atom stereocenters. The van der Waals surface area contributed by atoms with E-state index in [0.717, 1.165) is 32.2 Å². The predicted octanol–water partition coefficient (Wildman–Crippen LogP) is 3.61. The summed E-state index contributed by atoms with van der Waals surface area (Å²) >= 11 is 1.77. The number of thioether (sulfide) groups is 1. The molecule has 2 amide bonds. The molecular formula is C20H28N2O2S. The molecule has 0 bridgehead atoms. The van der Waals surface area contributed by atoms with E-state index in [4.69, 9.17) is 0 Å². The lowest BCUT2D eigenvalue weighted by atomic mass is 10.1. The molecule has 25 heavy (non-hydrogen) atoms. The Bertz CT molecular complexity index is 644. The average Bonchev–Trinajstić information content (AvgIpc) is 3.41. The summed E-state index contributed by atoms with van der Waals surface area (Å²) in [7, 11) is 1.88. The molecule has 1 aromatic rings. The van der Waals surface area contributed by atoms with Crippen molar-refractivity contribution in [2.75, 3.05) is 20.1 Å². The highest BCUT2D eigenvalue weighted by Gasteiger charge is 2.40. The summed E-state index contributed by atoms with van der Waals surface area (Å²) in [6, 6.07) is 8.33. The molecule has 0 N–H and O–H groups in total. The van der Waals surface area contributed by atoms with Crippen LogP contribution in [0.3, 0.4) is 0 Å². The van der Waals surface area contributed by atoms with Crippen LogP contribution in [0.1, 0.15) is 49.1 Å². The van der Waals surface area contributed by atoms with Crippen molar-refractivity contribution in [3.63, 3.8) is 0 Å². The van der Waals surface area contributed by atoms with Gasteiger partial charge in [0.15, 0.2) is 0 Å². The Morgan fingerprint density at radius 3 is 2.68 bits per heavy atom. The highest BCUT2D eigenvalue weighted by atomic mass is 32.2. The van der Waals surface area contributed by atoms with Gasteiger partial charge in [0.1, 0.15) is 5.37 Å². The number of benzene rings is 1. The van der Waals surface area contributed by atoms with E-state index in [1.807, 2.05) is 29.0 Å². The second-order valence-electron chi connectivity index (χ2n) is 7.16. The third kappa shape index (κ3) is 4.02. The minimum Gasteiger partial charge on any atom is -0.345 e. The molecule has 1 saturated carbocycles. The van der Waals surface area contributed by atoms with Gasteiger partial charge in [-0.2, -0.15) is 0 Å². The average molecular weight is 361 g/mol. The zero-order valence-electron chi connectivity index (χ0n) is 15.4. The van der Waals surface area contributed by atoms with Gasteiger partial charge in [0.2, 0.25) is 11.8 Å². The summed E-state index contributed by atoms with van der Waals surface area (Å²) < 4.78 is 0. The molecule has 1 saturated heterocycles.